The van der Waals surface area contributed by atoms with Gasteiger partial charge in [0.1, 0.15) is 6.67 Å². The molecule has 0 radical (unpaired) electrons. The maximum absolute atomic E-state index is 13.2. The number of hydrogen-bond acceptors (Lipinski definition) is 4. The Hall–Kier alpha value is -2.23. The van der Waals surface area contributed by atoms with Crippen LogP contribution in [0, 0.1) is 17.5 Å². The topological polar surface area (TPSA) is 67.4 Å². The van der Waals surface area contributed by atoms with E-state index in [0.717, 1.165) is 0 Å². The molecule has 2 N–H and O–H groups in total. The maximum Gasteiger partial charge on any atom is 0.255 e. The van der Waals surface area contributed by atoms with Crippen LogP contribution in [0.15, 0.2) is 35.2 Å². The lowest BCUT2D eigenvalue weighted by Gasteiger charge is -2.27. The summed E-state index contributed by atoms with van der Waals surface area (Å²) in [5.41, 5.74) is 0.580. The van der Waals surface area contributed by atoms with E-state index in [4.69, 9.17) is 0 Å². The summed E-state index contributed by atoms with van der Waals surface area (Å²) in [7, 11) is 1.66. The molecule has 3 rings (SSSR count). The minimum absolute atomic E-state index is 0.157. The number of carbonyl (C=O) groups is 1. The summed E-state index contributed by atoms with van der Waals surface area (Å²) in [5, 5.41) is 5.32. The number of hydrogen-bond donors (Lipinski definition) is 2. The van der Waals surface area contributed by atoms with Crippen LogP contribution in [0.25, 0.3) is 0 Å². The van der Waals surface area contributed by atoms with Crippen molar-refractivity contribution in [3.05, 3.63) is 53.3 Å². The quantitative estimate of drug-likeness (QED) is 0.642. The van der Waals surface area contributed by atoms with Crippen LogP contribution in [-0.4, -0.2) is 28.5 Å². The predicted molar refractivity (Wildman–Crippen MR) is 83.4 cm³/mol. The first kappa shape index (κ1) is 16.6. The maximum atomic E-state index is 13.2. The van der Waals surface area contributed by atoms with Crippen molar-refractivity contribution in [2.75, 3.05) is 24.3 Å². The Balaban J connectivity index is 1.86. The molecule has 24 heavy (non-hydrogen) atoms. The second-order valence-electron chi connectivity index (χ2n) is 5.13. The predicted octanol–water partition coefficient (Wildman–Crippen LogP) is 2.69. The second-order valence-corrected chi connectivity index (χ2v) is 6.69. The zero-order chi connectivity index (χ0) is 17.4. The number of nitrogens with one attached hydrogen (secondary N) is 2. The third kappa shape index (κ3) is 3.05. The molecule has 5 nitrogen and oxygen atoms in total. The Bertz CT molecular complexity index is 796. The Morgan fingerprint density at radius 3 is 2.58 bits per heavy atom. The van der Waals surface area contributed by atoms with Crippen molar-refractivity contribution in [1.82, 2.24) is 4.31 Å². The normalized spacial score (nSPS) is 17.1. The van der Waals surface area contributed by atoms with Crippen molar-refractivity contribution >= 4 is 28.6 Å². The van der Waals surface area contributed by atoms with Gasteiger partial charge >= 0.3 is 0 Å². The van der Waals surface area contributed by atoms with Crippen LogP contribution in [0.3, 0.4) is 0 Å². The lowest BCUT2D eigenvalue weighted by atomic mass is 10.2. The van der Waals surface area contributed by atoms with Gasteiger partial charge in [0, 0.05) is 36.5 Å². The summed E-state index contributed by atoms with van der Waals surface area (Å²) in [6.45, 7) is 0.402. The molecule has 1 atom stereocenters. The summed E-state index contributed by atoms with van der Waals surface area (Å²) in [4.78, 5) is 12.6. The van der Waals surface area contributed by atoms with Gasteiger partial charge in [-0.2, -0.15) is 0 Å². The molecule has 0 spiro atoms. The van der Waals surface area contributed by atoms with Gasteiger partial charge in [-0.1, -0.05) is 0 Å². The van der Waals surface area contributed by atoms with Crippen molar-refractivity contribution in [3.63, 3.8) is 0 Å². The number of anilines is 2. The van der Waals surface area contributed by atoms with Gasteiger partial charge in [-0.05, 0) is 12.1 Å². The van der Waals surface area contributed by atoms with Gasteiger partial charge in [0.25, 0.3) is 5.91 Å². The number of halogens is 3. The largest absolute Gasteiger partial charge is 0.593 e. The van der Waals surface area contributed by atoms with Crippen LogP contribution in [0.2, 0.25) is 0 Å². The van der Waals surface area contributed by atoms with E-state index < -0.39 is 34.7 Å². The van der Waals surface area contributed by atoms with Crippen LogP contribution in [0.4, 0.5) is 24.5 Å². The Morgan fingerprint density at radius 2 is 1.92 bits per heavy atom. The first-order valence-corrected chi connectivity index (χ1v) is 7.94. The molecule has 2 aromatic carbocycles. The van der Waals surface area contributed by atoms with Crippen LogP contribution in [-0.2, 0) is 11.4 Å². The van der Waals surface area contributed by atoms with Gasteiger partial charge in [-0.25, -0.2) is 13.2 Å². The van der Waals surface area contributed by atoms with E-state index in [-0.39, 0.29) is 11.3 Å². The number of rotatable bonds is 2. The first-order valence-electron chi connectivity index (χ1n) is 6.83. The Morgan fingerprint density at radius 1 is 1.25 bits per heavy atom. The highest BCUT2D eigenvalue weighted by Gasteiger charge is 2.28. The van der Waals surface area contributed by atoms with E-state index >= 15 is 0 Å². The number of nitrogens with zero attached hydrogens (tertiary/aromatic N) is 1. The molecule has 1 heterocycles. The molecule has 1 aliphatic heterocycles. The third-order valence-electron chi connectivity index (χ3n) is 3.45. The molecule has 1 amide bonds. The lowest BCUT2D eigenvalue weighted by Crippen LogP contribution is -2.36. The molecule has 9 heteroatoms. The fourth-order valence-corrected chi connectivity index (χ4v) is 3.28. The summed E-state index contributed by atoms with van der Waals surface area (Å²) in [6.07, 6.45) is 0. The van der Waals surface area contributed by atoms with Crippen molar-refractivity contribution in [3.8, 4) is 0 Å². The van der Waals surface area contributed by atoms with E-state index in [0.29, 0.717) is 29.4 Å². The summed E-state index contributed by atoms with van der Waals surface area (Å²) >= 11 is -1.42. The van der Waals surface area contributed by atoms with Crippen LogP contribution < -0.4 is 10.6 Å². The van der Waals surface area contributed by atoms with Gasteiger partial charge in [-0.15, -0.1) is 4.31 Å². The standard InChI is InChI=1S/C15H12F3N3O2S/c1-21-7-19-12-3-2-8(4-13(12)24(21)23)15(22)20-9-5-10(16)14(18)11(17)6-9/h2-6,19H,7H2,1H3,(H,20,22). The van der Waals surface area contributed by atoms with Crippen LogP contribution in [0.5, 0.6) is 0 Å². The SMILES string of the molecule is CN1CNc2ccc(C(=O)Nc3cc(F)c(F)c(F)c3)cc2[S+]1[O-]. The van der Waals surface area contributed by atoms with E-state index in [1.807, 2.05) is 0 Å². The van der Waals surface area contributed by atoms with Gasteiger partial charge in [0.15, 0.2) is 22.3 Å². The molecule has 126 valence electrons. The van der Waals surface area contributed by atoms with Gasteiger partial charge in [0.05, 0.1) is 17.0 Å². The minimum atomic E-state index is -1.61. The van der Waals surface area contributed by atoms with E-state index in [1.165, 1.54) is 12.1 Å². The average molecular weight is 355 g/mol. The molecule has 0 bridgehead atoms. The third-order valence-corrected chi connectivity index (χ3v) is 4.86. The summed E-state index contributed by atoms with van der Waals surface area (Å²) in [5.74, 6) is -5.06. The van der Waals surface area contributed by atoms with Crippen LogP contribution >= 0.6 is 0 Å². The monoisotopic (exact) mass is 355 g/mol. The van der Waals surface area contributed by atoms with Gasteiger partial charge in [-0.3, -0.25) is 4.79 Å². The smallest absolute Gasteiger partial charge is 0.255 e. The number of fused-ring (bicyclic) bond motifs is 1. The zero-order valence-corrected chi connectivity index (χ0v) is 13.2. The highest BCUT2D eigenvalue weighted by atomic mass is 32.2. The minimum Gasteiger partial charge on any atom is -0.593 e. The van der Waals surface area contributed by atoms with E-state index in [1.54, 1.807) is 17.4 Å². The molecule has 0 saturated carbocycles. The Labute approximate surface area is 138 Å². The average Bonchev–Trinajstić information content (AvgIpc) is 2.55. The molecule has 2 aromatic rings. The second kappa shape index (κ2) is 6.34. The fourth-order valence-electron chi connectivity index (χ4n) is 2.21. The van der Waals surface area contributed by atoms with Crippen molar-refractivity contribution < 1.29 is 22.5 Å². The number of carbonyl (C=O) groups excluding carboxylic acids is 1. The molecule has 1 unspecified atom stereocenters. The number of benzene rings is 2. The Kier molecular flexibility index (Phi) is 4.39. The zero-order valence-electron chi connectivity index (χ0n) is 12.4. The van der Waals surface area contributed by atoms with E-state index in [2.05, 4.69) is 10.6 Å². The molecular weight excluding hydrogens is 343 g/mol. The highest BCUT2D eigenvalue weighted by molar-refractivity contribution is 7.89. The molecule has 0 aliphatic carbocycles. The molecular formula is C15H12F3N3O2S. The van der Waals surface area contributed by atoms with Gasteiger partial charge in [0.2, 0.25) is 0 Å². The summed E-state index contributed by atoms with van der Waals surface area (Å²) < 4.78 is 53.1. The first-order chi connectivity index (χ1) is 11.4. The molecule has 0 aromatic heterocycles. The number of amides is 1. The fraction of sp³-hybridized carbons (Fsp3) is 0.133. The van der Waals surface area contributed by atoms with Gasteiger partial charge < -0.3 is 15.2 Å². The highest BCUT2D eigenvalue weighted by Crippen LogP contribution is 2.29. The summed E-state index contributed by atoms with van der Waals surface area (Å²) in [6, 6.07) is 5.88. The van der Waals surface area contributed by atoms with Crippen LogP contribution in [0.1, 0.15) is 10.4 Å². The lowest BCUT2D eigenvalue weighted by molar-refractivity contribution is 0.102. The van der Waals surface area contributed by atoms with E-state index in [9.17, 15) is 22.5 Å². The van der Waals surface area contributed by atoms with Crippen molar-refractivity contribution in [2.24, 2.45) is 0 Å². The van der Waals surface area contributed by atoms with Crippen molar-refractivity contribution in [2.45, 2.75) is 4.90 Å². The molecule has 1 aliphatic rings. The molecule has 0 saturated heterocycles. The van der Waals surface area contributed by atoms with Crippen molar-refractivity contribution in [1.29, 1.82) is 0 Å². The molecule has 0 fully saturated rings.